The number of rotatable bonds is 1. The molecule has 1 fully saturated rings. The van der Waals surface area contributed by atoms with Crippen LogP contribution in [0.5, 0.6) is 0 Å². The summed E-state index contributed by atoms with van der Waals surface area (Å²) in [5.41, 5.74) is 10.1. The minimum Gasteiger partial charge on any atom is -0.366 e. The molecule has 2 N–H and O–H groups in total. The lowest BCUT2D eigenvalue weighted by molar-refractivity contribution is 0.100. The lowest BCUT2D eigenvalue weighted by Crippen LogP contribution is -2.11. The van der Waals surface area contributed by atoms with Crippen molar-refractivity contribution in [3.63, 3.8) is 0 Å². The lowest BCUT2D eigenvalue weighted by atomic mass is 9.90. The predicted octanol–water partition coefficient (Wildman–Crippen LogP) is 2.61. The molecule has 3 nitrogen and oxygen atoms in total. The van der Waals surface area contributed by atoms with Crippen molar-refractivity contribution in [2.45, 2.75) is 12.8 Å². The van der Waals surface area contributed by atoms with E-state index in [0.717, 1.165) is 22.5 Å². The fraction of sp³-hybridized carbons (Fsp3) is 0.200. The number of hydrogen-bond donors (Lipinski definition) is 1. The zero-order valence-electron chi connectivity index (χ0n) is 9.81. The Balaban J connectivity index is 1.95. The highest BCUT2D eigenvalue weighted by Crippen LogP contribution is 2.54. The summed E-state index contributed by atoms with van der Waals surface area (Å²) in [6.07, 6.45) is 9.02. The van der Waals surface area contributed by atoms with Crippen molar-refractivity contribution in [2.24, 2.45) is 16.1 Å². The second kappa shape index (κ2) is 2.99. The molecule has 1 saturated carbocycles. The number of amides is 1. The highest BCUT2D eigenvalue weighted by molar-refractivity contribution is 6.35. The van der Waals surface area contributed by atoms with Crippen LogP contribution in [0.25, 0.3) is 5.57 Å². The number of primary amides is 1. The number of nitrogens with zero attached hydrogens (tertiary/aromatic N) is 1. The fourth-order valence-electron chi connectivity index (χ4n) is 2.71. The number of nitrogens with two attached hydrogens (primary N) is 1. The van der Waals surface area contributed by atoms with Gasteiger partial charge in [-0.1, -0.05) is 24.3 Å². The molecule has 0 radical (unpaired) electrons. The molecule has 4 rings (SSSR count). The Bertz CT molecular complexity index is 676. The van der Waals surface area contributed by atoms with Gasteiger partial charge in [0, 0.05) is 16.6 Å². The van der Waals surface area contributed by atoms with E-state index in [1.165, 1.54) is 12.8 Å². The van der Waals surface area contributed by atoms with Crippen LogP contribution in [0.15, 0.2) is 41.4 Å². The topological polar surface area (TPSA) is 55.5 Å². The Morgan fingerprint density at radius 2 is 2.17 bits per heavy atom. The minimum atomic E-state index is -0.416. The number of carbonyl (C=O) groups is 1. The van der Waals surface area contributed by atoms with Crippen LogP contribution in [0, 0.1) is 5.41 Å². The molecule has 3 aliphatic rings. The van der Waals surface area contributed by atoms with E-state index in [-0.39, 0.29) is 5.41 Å². The van der Waals surface area contributed by atoms with Crippen molar-refractivity contribution < 1.29 is 4.79 Å². The molecule has 0 saturated heterocycles. The maximum atomic E-state index is 11.4. The molecule has 1 aliphatic heterocycles. The van der Waals surface area contributed by atoms with Crippen molar-refractivity contribution >= 4 is 22.9 Å². The van der Waals surface area contributed by atoms with Gasteiger partial charge in [-0.3, -0.25) is 4.79 Å². The van der Waals surface area contributed by atoms with Crippen molar-refractivity contribution in [1.29, 1.82) is 0 Å². The van der Waals surface area contributed by atoms with Gasteiger partial charge in [0.15, 0.2) is 0 Å². The average molecular weight is 236 g/mol. The van der Waals surface area contributed by atoms with Crippen molar-refractivity contribution in [2.75, 3.05) is 0 Å². The second-order valence-electron chi connectivity index (χ2n) is 5.19. The van der Waals surface area contributed by atoms with E-state index in [9.17, 15) is 4.79 Å². The van der Waals surface area contributed by atoms with E-state index in [1.54, 1.807) is 6.07 Å². The molecule has 2 aliphatic carbocycles. The molecule has 0 unspecified atom stereocenters. The monoisotopic (exact) mass is 236 g/mol. The smallest absolute Gasteiger partial charge is 0.250 e. The average Bonchev–Trinajstić information content (AvgIpc) is 3.00. The van der Waals surface area contributed by atoms with Gasteiger partial charge in [0.2, 0.25) is 0 Å². The summed E-state index contributed by atoms with van der Waals surface area (Å²) < 4.78 is 0. The van der Waals surface area contributed by atoms with Gasteiger partial charge in [-0.15, -0.1) is 0 Å². The maximum Gasteiger partial charge on any atom is 0.250 e. The Morgan fingerprint density at radius 3 is 2.89 bits per heavy atom. The maximum absolute atomic E-state index is 11.4. The Labute approximate surface area is 105 Å². The molecule has 0 aromatic heterocycles. The van der Waals surface area contributed by atoms with E-state index in [0.29, 0.717) is 5.56 Å². The van der Waals surface area contributed by atoms with Crippen LogP contribution in [0.3, 0.4) is 0 Å². The summed E-state index contributed by atoms with van der Waals surface area (Å²) >= 11 is 0. The Morgan fingerprint density at radius 1 is 1.33 bits per heavy atom. The molecule has 1 amide bonds. The Hall–Kier alpha value is -2.16. The number of allylic oxidation sites excluding steroid dienone is 4. The van der Waals surface area contributed by atoms with Crippen LogP contribution in [0.2, 0.25) is 0 Å². The number of carbonyl (C=O) groups excluding carboxylic acids is 1. The highest BCUT2D eigenvalue weighted by atomic mass is 16.1. The van der Waals surface area contributed by atoms with Gasteiger partial charge in [-0.25, -0.2) is 4.99 Å². The predicted molar refractivity (Wildman–Crippen MR) is 70.8 cm³/mol. The Kier molecular flexibility index (Phi) is 1.63. The lowest BCUT2D eigenvalue weighted by Gasteiger charge is -2.12. The van der Waals surface area contributed by atoms with Crippen LogP contribution >= 0.6 is 0 Å². The number of fused-ring (bicyclic) bond motifs is 3. The van der Waals surface area contributed by atoms with Crippen LogP contribution in [-0.4, -0.2) is 11.6 Å². The molecule has 1 heterocycles. The largest absolute Gasteiger partial charge is 0.366 e. The van der Waals surface area contributed by atoms with E-state index in [4.69, 9.17) is 5.73 Å². The second-order valence-corrected chi connectivity index (χ2v) is 5.19. The normalized spacial score (nSPS) is 21.1. The van der Waals surface area contributed by atoms with Gasteiger partial charge < -0.3 is 5.73 Å². The molecule has 1 spiro atoms. The third-order valence-electron chi connectivity index (χ3n) is 3.93. The third kappa shape index (κ3) is 1.19. The van der Waals surface area contributed by atoms with Crippen molar-refractivity contribution in [3.05, 3.63) is 47.6 Å². The first-order valence-electron chi connectivity index (χ1n) is 6.13. The molecule has 1 aromatic rings. The number of hydrogen-bond acceptors (Lipinski definition) is 2. The van der Waals surface area contributed by atoms with E-state index < -0.39 is 5.91 Å². The number of benzene rings is 1. The molecule has 1 aromatic carbocycles. The SMILES string of the molecule is NC(=O)c1cccc2c1N=C1C=CC3(C=C12)CC3. The van der Waals surface area contributed by atoms with Crippen molar-refractivity contribution in [1.82, 2.24) is 0 Å². The highest BCUT2D eigenvalue weighted by Gasteiger charge is 2.41. The van der Waals surface area contributed by atoms with Gasteiger partial charge in [0.1, 0.15) is 0 Å². The first-order chi connectivity index (χ1) is 8.69. The zero-order valence-corrected chi connectivity index (χ0v) is 9.81. The van der Waals surface area contributed by atoms with Crippen molar-refractivity contribution in [3.8, 4) is 0 Å². The summed E-state index contributed by atoms with van der Waals surface area (Å²) in [6, 6.07) is 5.62. The van der Waals surface area contributed by atoms with Gasteiger partial charge in [-0.05, 0) is 25.0 Å². The fourth-order valence-corrected chi connectivity index (χ4v) is 2.71. The quantitative estimate of drug-likeness (QED) is 0.800. The summed E-state index contributed by atoms with van der Waals surface area (Å²) in [5.74, 6) is -0.416. The molecule has 88 valence electrons. The molecule has 3 heteroatoms. The molecular weight excluding hydrogens is 224 g/mol. The van der Waals surface area contributed by atoms with Crippen LogP contribution in [0.4, 0.5) is 5.69 Å². The number of aliphatic imine (C=N–C) groups is 1. The van der Waals surface area contributed by atoms with Gasteiger partial charge in [0.05, 0.1) is 17.0 Å². The standard InChI is InChI=1S/C15H12N2O/c16-14(18)10-3-1-2-9-11-8-15(6-7-15)5-4-12(11)17-13(9)10/h1-5,8H,6-7H2,(H2,16,18). The van der Waals surface area contributed by atoms with E-state index in [2.05, 4.69) is 23.2 Å². The first-order valence-corrected chi connectivity index (χ1v) is 6.13. The molecule has 18 heavy (non-hydrogen) atoms. The van der Waals surface area contributed by atoms with Gasteiger partial charge in [-0.2, -0.15) is 0 Å². The summed E-state index contributed by atoms with van der Waals surface area (Å²) in [5, 5.41) is 0. The molecule has 0 atom stereocenters. The summed E-state index contributed by atoms with van der Waals surface area (Å²) in [4.78, 5) is 16.0. The third-order valence-corrected chi connectivity index (χ3v) is 3.93. The summed E-state index contributed by atoms with van der Waals surface area (Å²) in [7, 11) is 0. The van der Waals surface area contributed by atoms with Crippen LogP contribution < -0.4 is 5.73 Å². The van der Waals surface area contributed by atoms with Crippen LogP contribution in [-0.2, 0) is 0 Å². The van der Waals surface area contributed by atoms with Gasteiger partial charge in [0.25, 0.3) is 5.91 Å². The van der Waals surface area contributed by atoms with Crippen LogP contribution in [0.1, 0.15) is 28.8 Å². The zero-order chi connectivity index (χ0) is 12.3. The van der Waals surface area contributed by atoms with E-state index >= 15 is 0 Å². The summed E-state index contributed by atoms with van der Waals surface area (Å²) in [6.45, 7) is 0. The number of para-hydroxylation sites is 1. The van der Waals surface area contributed by atoms with E-state index in [1.807, 2.05) is 12.1 Å². The molecular formula is C15H12N2O. The minimum absolute atomic E-state index is 0.263. The molecule has 0 bridgehead atoms. The van der Waals surface area contributed by atoms with Gasteiger partial charge >= 0.3 is 0 Å². The first kappa shape index (κ1) is 9.83.